The molecule has 1 fully saturated rings. The first-order chi connectivity index (χ1) is 8.81. The molecule has 0 saturated heterocycles. The fourth-order valence-corrected chi connectivity index (χ4v) is 2.77. The van der Waals surface area contributed by atoms with Gasteiger partial charge in [0.1, 0.15) is 0 Å². The predicted octanol–water partition coefficient (Wildman–Crippen LogP) is 2.99. The summed E-state index contributed by atoms with van der Waals surface area (Å²) >= 11 is 0. The van der Waals surface area contributed by atoms with Crippen LogP contribution in [0, 0.1) is 5.92 Å². The normalized spacial score (nSPS) is 18.2. The third-order valence-corrected chi connectivity index (χ3v) is 3.90. The molecule has 0 aliphatic heterocycles. The van der Waals surface area contributed by atoms with Crippen molar-refractivity contribution in [2.75, 3.05) is 13.1 Å². The highest BCUT2D eigenvalue weighted by atomic mass is 15.2. The van der Waals surface area contributed by atoms with E-state index in [0.29, 0.717) is 0 Å². The molecule has 100 valence electrons. The second-order valence-corrected chi connectivity index (χ2v) is 5.21. The predicted molar refractivity (Wildman–Crippen MR) is 76.3 cm³/mol. The molecule has 0 spiro atoms. The standard InChI is InChI=1S/C15H25N3/c1-3-16-12-14(13-7-5-4-6-8-13)11-15-9-10-17-18(15)2/h9-11,13,16H,3-8,12H2,1-2H3. The molecule has 1 aliphatic carbocycles. The van der Waals surface area contributed by atoms with E-state index in [-0.39, 0.29) is 0 Å². The molecule has 3 heteroatoms. The molecule has 1 saturated carbocycles. The third kappa shape index (κ3) is 3.45. The number of hydrogen-bond donors (Lipinski definition) is 1. The molecule has 0 atom stereocenters. The summed E-state index contributed by atoms with van der Waals surface area (Å²) in [5, 5.41) is 7.73. The van der Waals surface area contributed by atoms with Crippen LogP contribution in [0.25, 0.3) is 6.08 Å². The zero-order valence-corrected chi connectivity index (χ0v) is 11.7. The Morgan fingerprint density at radius 3 is 2.83 bits per heavy atom. The first-order valence-electron chi connectivity index (χ1n) is 7.20. The number of hydrogen-bond acceptors (Lipinski definition) is 2. The van der Waals surface area contributed by atoms with E-state index >= 15 is 0 Å². The number of aromatic nitrogens is 2. The van der Waals surface area contributed by atoms with Gasteiger partial charge in [0.05, 0.1) is 5.69 Å². The van der Waals surface area contributed by atoms with Crippen molar-refractivity contribution in [3.8, 4) is 0 Å². The van der Waals surface area contributed by atoms with Crippen molar-refractivity contribution in [1.82, 2.24) is 15.1 Å². The summed E-state index contributed by atoms with van der Waals surface area (Å²) in [6.45, 7) is 4.23. The molecule has 1 aromatic rings. The minimum atomic E-state index is 0.771. The van der Waals surface area contributed by atoms with E-state index in [9.17, 15) is 0 Å². The molecular formula is C15H25N3. The van der Waals surface area contributed by atoms with Crippen molar-refractivity contribution in [1.29, 1.82) is 0 Å². The van der Waals surface area contributed by atoms with Crippen LogP contribution in [0.4, 0.5) is 0 Å². The van der Waals surface area contributed by atoms with Crippen molar-refractivity contribution in [2.45, 2.75) is 39.0 Å². The van der Waals surface area contributed by atoms with Crippen molar-refractivity contribution < 1.29 is 0 Å². The van der Waals surface area contributed by atoms with E-state index in [1.807, 2.05) is 17.9 Å². The van der Waals surface area contributed by atoms with Crippen LogP contribution in [0.3, 0.4) is 0 Å². The molecular weight excluding hydrogens is 222 g/mol. The smallest absolute Gasteiger partial charge is 0.0606 e. The number of nitrogens with one attached hydrogen (secondary N) is 1. The quantitative estimate of drug-likeness (QED) is 0.867. The minimum Gasteiger partial charge on any atom is -0.313 e. The number of rotatable bonds is 5. The Kier molecular flexibility index (Phi) is 5.00. The van der Waals surface area contributed by atoms with Crippen LogP contribution in [0.15, 0.2) is 17.8 Å². The summed E-state index contributed by atoms with van der Waals surface area (Å²) in [4.78, 5) is 0. The van der Waals surface area contributed by atoms with Crippen LogP contribution in [0.2, 0.25) is 0 Å². The summed E-state index contributed by atoms with van der Waals surface area (Å²) in [5.74, 6) is 0.771. The van der Waals surface area contributed by atoms with Gasteiger partial charge in [0.15, 0.2) is 0 Å². The largest absolute Gasteiger partial charge is 0.313 e. The highest BCUT2D eigenvalue weighted by molar-refractivity contribution is 5.50. The molecule has 18 heavy (non-hydrogen) atoms. The zero-order chi connectivity index (χ0) is 12.8. The summed E-state index contributed by atoms with van der Waals surface area (Å²) in [6.07, 6.45) is 11.1. The molecule has 3 nitrogen and oxygen atoms in total. The van der Waals surface area contributed by atoms with Gasteiger partial charge in [-0.2, -0.15) is 5.10 Å². The maximum absolute atomic E-state index is 4.25. The molecule has 0 bridgehead atoms. The lowest BCUT2D eigenvalue weighted by atomic mass is 9.83. The molecule has 0 amide bonds. The molecule has 1 aromatic heterocycles. The van der Waals surface area contributed by atoms with Gasteiger partial charge in [-0.1, -0.05) is 31.8 Å². The van der Waals surface area contributed by atoms with Gasteiger partial charge < -0.3 is 5.32 Å². The third-order valence-electron chi connectivity index (χ3n) is 3.90. The Labute approximate surface area is 110 Å². The summed E-state index contributed by atoms with van der Waals surface area (Å²) < 4.78 is 1.95. The van der Waals surface area contributed by atoms with E-state index in [4.69, 9.17) is 0 Å². The fourth-order valence-electron chi connectivity index (χ4n) is 2.77. The lowest BCUT2D eigenvalue weighted by Crippen LogP contribution is -2.22. The molecule has 0 aromatic carbocycles. The second kappa shape index (κ2) is 6.74. The Balaban J connectivity index is 2.13. The van der Waals surface area contributed by atoms with E-state index in [1.165, 1.54) is 37.8 Å². The monoisotopic (exact) mass is 247 g/mol. The maximum Gasteiger partial charge on any atom is 0.0606 e. The average molecular weight is 247 g/mol. The molecule has 0 radical (unpaired) electrons. The Morgan fingerprint density at radius 1 is 1.44 bits per heavy atom. The van der Waals surface area contributed by atoms with Gasteiger partial charge >= 0.3 is 0 Å². The molecule has 1 N–H and O–H groups in total. The molecule has 0 unspecified atom stereocenters. The van der Waals surface area contributed by atoms with Crippen molar-refractivity contribution >= 4 is 6.08 Å². The highest BCUT2D eigenvalue weighted by Gasteiger charge is 2.17. The van der Waals surface area contributed by atoms with Crippen molar-refractivity contribution in [2.24, 2.45) is 13.0 Å². The summed E-state index contributed by atoms with van der Waals surface area (Å²) in [6, 6.07) is 2.09. The maximum atomic E-state index is 4.25. The molecule has 1 aliphatic rings. The second-order valence-electron chi connectivity index (χ2n) is 5.21. The van der Waals surface area contributed by atoms with E-state index in [0.717, 1.165) is 19.0 Å². The van der Waals surface area contributed by atoms with Crippen LogP contribution in [0.5, 0.6) is 0 Å². The first kappa shape index (κ1) is 13.3. The van der Waals surface area contributed by atoms with Gasteiger partial charge in [0.2, 0.25) is 0 Å². The highest BCUT2D eigenvalue weighted by Crippen LogP contribution is 2.30. The number of nitrogens with zero attached hydrogens (tertiary/aromatic N) is 2. The fraction of sp³-hybridized carbons (Fsp3) is 0.667. The summed E-state index contributed by atoms with van der Waals surface area (Å²) in [7, 11) is 2.01. The topological polar surface area (TPSA) is 29.9 Å². The minimum absolute atomic E-state index is 0.771. The van der Waals surface area contributed by atoms with Gasteiger partial charge in [-0.3, -0.25) is 4.68 Å². The lowest BCUT2D eigenvalue weighted by Gasteiger charge is -2.25. The van der Waals surface area contributed by atoms with Crippen LogP contribution >= 0.6 is 0 Å². The molecule has 1 heterocycles. The van der Waals surface area contributed by atoms with Crippen LogP contribution in [0.1, 0.15) is 44.7 Å². The van der Waals surface area contributed by atoms with Crippen molar-refractivity contribution in [3.63, 3.8) is 0 Å². The summed E-state index contributed by atoms with van der Waals surface area (Å²) in [5.41, 5.74) is 2.77. The first-order valence-corrected chi connectivity index (χ1v) is 7.20. The lowest BCUT2D eigenvalue weighted by molar-refractivity contribution is 0.397. The zero-order valence-electron chi connectivity index (χ0n) is 11.7. The van der Waals surface area contributed by atoms with Gasteiger partial charge in [-0.15, -0.1) is 0 Å². The average Bonchev–Trinajstić information content (AvgIpc) is 2.81. The number of likely N-dealkylation sites (N-methyl/N-ethyl adjacent to an activating group) is 1. The Bertz CT molecular complexity index is 386. The van der Waals surface area contributed by atoms with Crippen LogP contribution in [-0.4, -0.2) is 22.9 Å². The van der Waals surface area contributed by atoms with Crippen LogP contribution in [-0.2, 0) is 7.05 Å². The van der Waals surface area contributed by atoms with Gasteiger partial charge in [0, 0.05) is 19.8 Å². The Morgan fingerprint density at radius 2 is 2.22 bits per heavy atom. The van der Waals surface area contributed by atoms with E-state index in [2.05, 4.69) is 29.5 Å². The van der Waals surface area contributed by atoms with E-state index < -0.39 is 0 Å². The Hall–Kier alpha value is -1.09. The van der Waals surface area contributed by atoms with Crippen LogP contribution < -0.4 is 5.32 Å². The molecule has 2 rings (SSSR count). The van der Waals surface area contributed by atoms with Gasteiger partial charge in [-0.25, -0.2) is 0 Å². The van der Waals surface area contributed by atoms with Gasteiger partial charge in [-0.05, 0) is 37.4 Å². The SMILES string of the molecule is CCNCC(=Cc1ccnn1C)C1CCCCC1. The van der Waals surface area contributed by atoms with Crippen molar-refractivity contribution in [3.05, 3.63) is 23.5 Å². The van der Waals surface area contributed by atoms with E-state index in [1.54, 1.807) is 5.57 Å². The number of aryl methyl sites for hydroxylation is 1. The van der Waals surface area contributed by atoms with Gasteiger partial charge in [0.25, 0.3) is 0 Å².